The average Bonchev–Trinajstić information content (AvgIpc) is 3.52. The molecular formula is C24H29ClFN5O2S2. The van der Waals surface area contributed by atoms with E-state index in [1.165, 1.54) is 11.8 Å². The van der Waals surface area contributed by atoms with Crippen LogP contribution in [0.4, 0.5) is 15.2 Å². The lowest BCUT2D eigenvalue weighted by atomic mass is 9.92. The molecule has 0 unspecified atom stereocenters. The van der Waals surface area contributed by atoms with Crippen molar-refractivity contribution in [1.29, 1.82) is 0 Å². The van der Waals surface area contributed by atoms with Crippen LogP contribution < -0.4 is 20.7 Å². The zero-order valence-electron chi connectivity index (χ0n) is 19.1. The summed E-state index contributed by atoms with van der Waals surface area (Å²) in [6.07, 6.45) is 4.41. The monoisotopic (exact) mass is 537 g/mol. The Balaban J connectivity index is 1.19. The summed E-state index contributed by atoms with van der Waals surface area (Å²) >= 11 is 7.34. The molecule has 0 bridgehead atoms. The second kappa shape index (κ2) is 12.1. The highest BCUT2D eigenvalue weighted by molar-refractivity contribution is 7.93. The molecule has 0 radical (unpaired) electrons. The van der Waals surface area contributed by atoms with E-state index in [2.05, 4.69) is 49.9 Å². The molecule has 188 valence electrons. The van der Waals surface area contributed by atoms with Gasteiger partial charge in [0.2, 0.25) is 0 Å². The maximum atomic E-state index is 14.6. The van der Waals surface area contributed by atoms with E-state index in [-0.39, 0.29) is 10.2 Å². The van der Waals surface area contributed by atoms with Crippen molar-refractivity contribution in [3.8, 4) is 0 Å². The number of thiazole rings is 1. The van der Waals surface area contributed by atoms with Crippen LogP contribution >= 0.6 is 22.9 Å². The molecule has 1 fully saturated rings. The summed E-state index contributed by atoms with van der Waals surface area (Å²) in [7, 11) is -4.12. The molecule has 0 amide bonds. The summed E-state index contributed by atoms with van der Waals surface area (Å²) in [6, 6.07) is 13.3. The zero-order chi connectivity index (χ0) is 24.7. The molecule has 2 aromatic carbocycles. The first-order valence-corrected chi connectivity index (χ1v) is 14.3. The van der Waals surface area contributed by atoms with E-state index in [4.69, 9.17) is 11.6 Å². The van der Waals surface area contributed by atoms with Gasteiger partial charge < -0.3 is 16.0 Å². The zero-order valence-corrected chi connectivity index (χ0v) is 21.5. The summed E-state index contributed by atoms with van der Waals surface area (Å²) in [4.78, 5) is 3.35. The van der Waals surface area contributed by atoms with Crippen LogP contribution in [0.3, 0.4) is 0 Å². The van der Waals surface area contributed by atoms with E-state index < -0.39 is 20.7 Å². The van der Waals surface area contributed by atoms with Gasteiger partial charge in [0.1, 0.15) is 10.7 Å². The number of anilines is 2. The molecule has 7 nitrogen and oxygen atoms in total. The molecule has 4 N–H and O–H groups in total. The number of benzene rings is 2. The van der Waals surface area contributed by atoms with Gasteiger partial charge in [-0.3, -0.25) is 4.72 Å². The number of halogens is 2. The molecule has 2 atom stereocenters. The number of unbranched alkanes of at least 4 members (excludes halogenated alkanes) is 1. The van der Waals surface area contributed by atoms with Crippen LogP contribution in [0.2, 0.25) is 5.02 Å². The molecule has 0 saturated carbocycles. The van der Waals surface area contributed by atoms with Gasteiger partial charge in [-0.25, -0.2) is 17.8 Å². The lowest BCUT2D eigenvalue weighted by molar-refractivity contribution is 0.491. The van der Waals surface area contributed by atoms with Crippen LogP contribution in [-0.2, 0) is 10.0 Å². The van der Waals surface area contributed by atoms with Gasteiger partial charge in [-0.2, -0.15) is 0 Å². The summed E-state index contributed by atoms with van der Waals surface area (Å²) in [5, 5.41) is 12.2. The lowest BCUT2D eigenvalue weighted by Gasteiger charge is -2.20. The van der Waals surface area contributed by atoms with Gasteiger partial charge in [-0.1, -0.05) is 41.9 Å². The van der Waals surface area contributed by atoms with Gasteiger partial charge >= 0.3 is 0 Å². The second-order valence-corrected chi connectivity index (χ2v) is 11.4. The first kappa shape index (κ1) is 25.8. The van der Waals surface area contributed by atoms with Crippen molar-refractivity contribution >= 4 is 43.8 Å². The number of rotatable bonds is 12. The first-order chi connectivity index (χ1) is 16.9. The normalized spacial score (nSPS) is 18.0. The molecule has 4 rings (SSSR count). The summed E-state index contributed by atoms with van der Waals surface area (Å²) in [6.45, 7) is 3.42. The van der Waals surface area contributed by atoms with Crippen molar-refractivity contribution in [3.63, 3.8) is 0 Å². The molecule has 11 heteroatoms. The quantitative estimate of drug-likeness (QED) is 0.251. The predicted octanol–water partition coefficient (Wildman–Crippen LogP) is 4.66. The Hall–Kier alpha value is -2.24. The molecule has 3 aromatic rings. The van der Waals surface area contributed by atoms with Gasteiger partial charge in [-0.15, -0.1) is 11.3 Å². The summed E-state index contributed by atoms with van der Waals surface area (Å²) in [5.74, 6) is -0.342. The second-order valence-electron chi connectivity index (χ2n) is 8.41. The van der Waals surface area contributed by atoms with Crippen molar-refractivity contribution in [2.45, 2.75) is 36.1 Å². The molecular weight excluding hydrogens is 509 g/mol. The van der Waals surface area contributed by atoms with E-state index in [9.17, 15) is 12.8 Å². The van der Waals surface area contributed by atoms with Crippen LogP contribution in [0.5, 0.6) is 0 Å². The van der Waals surface area contributed by atoms with Crippen LogP contribution in [-0.4, -0.2) is 45.6 Å². The topological polar surface area (TPSA) is 95.2 Å². The van der Waals surface area contributed by atoms with Gasteiger partial charge in [0.15, 0.2) is 5.13 Å². The fourth-order valence-corrected chi connectivity index (χ4v) is 6.42. The molecule has 1 saturated heterocycles. The maximum Gasteiger partial charge on any atom is 0.266 e. The van der Waals surface area contributed by atoms with Crippen molar-refractivity contribution in [2.75, 3.05) is 36.2 Å². The van der Waals surface area contributed by atoms with Gasteiger partial charge in [0.05, 0.1) is 10.7 Å². The molecule has 0 spiro atoms. The number of aromatic nitrogens is 1. The predicted molar refractivity (Wildman–Crippen MR) is 141 cm³/mol. The molecule has 1 aliphatic heterocycles. The Labute approximate surface area is 214 Å². The minimum Gasteiger partial charge on any atom is -0.384 e. The fraction of sp³-hybridized carbons (Fsp3) is 0.375. The summed E-state index contributed by atoms with van der Waals surface area (Å²) in [5.41, 5.74) is 1.75. The van der Waals surface area contributed by atoms with Crippen LogP contribution in [0.1, 0.15) is 30.7 Å². The van der Waals surface area contributed by atoms with Crippen LogP contribution in [0, 0.1) is 5.82 Å². The Bertz CT molecular complexity index is 1200. The van der Waals surface area contributed by atoms with Crippen molar-refractivity contribution in [3.05, 3.63) is 70.4 Å². The Morgan fingerprint density at radius 1 is 1.17 bits per heavy atom. The molecule has 1 aromatic heterocycles. The SMILES string of the molecule is O=S(=O)(Nc1nccs1)c1cc(Cl)c(NCCCCNC[C@H]2NCC[C@@H]2c2ccccc2)cc1F. The maximum absolute atomic E-state index is 14.6. The summed E-state index contributed by atoms with van der Waals surface area (Å²) < 4.78 is 41.8. The number of nitrogens with zero attached hydrogens (tertiary/aromatic N) is 1. The fourth-order valence-electron chi connectivity index (χ4n) is 4.25. The molecule has 35 heavy (non-hydrogen) atoms. The van der Waals surface area contributed by atoms with Crippen LogP contribution in [0.15, 0.2) is 58.9 Å². The van der Waals surface area contributed by atoms with Gasteiger partial charge in [-0.05, 0) is 50.0 Å². The van der Waals surface area contributed by atoms with Crippen molar-refractivity contribution in [2.24, 2.45) is 0 Å². The van der Waals surface area contributed by atoms with E-state index in [0.29, 0.717) is 24.2 Å². The number of hydrogen-bond acceptors (Lipinski definition) is 7. The highest BCUT2D eigenvalue weighted by Gasteiger charge is 2.27. The smallest absolute Gasteiger partial charge is 0.266 e. The third kappa shape index (κ3) is 6.92. The lowest BCUT2D eigenvalue weighted by Crippen LogP contribution is -2.37. The van der Waals surface area contributed by atoms with Crippen molar-refractivity contribution in [1.82, 2.24) is 15.6 Å². The van der Waals surface area contributed by atoms with Gasteiger partial charge in [0, 0.05) is 36.6 Å². The Morgan fingerprint density at radius 3 is 2.74 bits per heavy atom. The third-order valence-electron chi connectivity index (χ3n) is 6.00. The standard InChI is InChI=1S/C24H29ClFN5O2S2/c25-19-14-23(35(32,33)31-24-30-12-13-34-24)20(26)15-21(19)28-10-5-4-9-27-16-22-18(8-11-29-22)17-6-2-1-3-7-17/h1-3,6-7,12-15,18,22,27-29H,4-5,8-11,16H2,(H,30,31)/t18-,22-/m1/s1. The average molecular weight is 538 g/mol. The highest BCUT2D eigenvalue weighted by atomic mass is 35.5. The number of nitrogens with one attached hydrogen (secondary N) is 4. The van der Waals surface area contributed by atoms with Gasteiger partial charge in [0.25, 0.3) is 10.0 Å². The Kier molecular flexibility index (Phi) is 8.96. The Morgan fingerprint density at radius 2 is 1.97 bits per heavy atom. The van der Waals surface area contributed by atoms with Crippen LogP contribution in [0.25, 0.3) is 0 Å². The molecule has 2 heterocycles. The van der Waals surface area contributed by atoms with E-state index in [1.807, 2.05) is 6.07 Å². The van der Waals surface area contributed by atoms with E-state index in [0.717, 1.165) is 62.4 Å². The molecule has 1 aliphatic rings. The number of sulfonamides is 1. The van der Waals surface area contributed by atoms with E-state index >= 15 is 0 Å². The third-order valence-corrected chi connectivity index (χ3v) is 8.48. The molecule has 0 aliphatic carbocycles. The first-order valence-electron chi connectivity index (χ1n) is 11.6. The van der Waals surface area contributed by atoms with Crippen molar-refractivity contribution < 1.29 is 12.8 Å². The van der Waals surface area contributed by atoms with E-state index in [1.54, 1.807) is 5.38 Å². The minimum atomic E-state index is -4.12. The minimum absolute atomic E-state index is 0.142. The highest BCUT2D eigenvalue weighted by Crippen LogP contribution is 2.30. The largest absolute Gasteiger partial charge is 0.384 e. The number of hydrogen-bond donors (Lipinski definition) is 4.